The first-order valence-corrected chi connectivity index (χ1v) is 5.47. The third-order valence-electron chi connectivity index (χ3n) is 3.20. The predicted molar refractivity (Wildman–Crippen MR) is 58.8 cm³/mol. The molecule has 0 aliphatic heterocycles. The highest BCUT2D eigenvalue weighted by atomic mass is 35.5. The van der Waals surface area contributed by atoms with Gasteiger partial charge < -0.3 is 5.11 Å². The molecule has 3 heteroatoms. The zero-order chi connectivity index (χ0) is 11.2. The average molecular weight is 229 g/mol. The number of aliphatic hydroxyl groups is 1. The van der Waals surface area contributed by atoms with Crippen LogP contribution in [-0.2, 0) is 6.42 Å². The Morgan fingerprint density at radius 3 is 2.60 bits per heavy atom. The lowest BCUT2D eigenvalue weighted by molar-refractivity contribution is 0.150. The van der Waals surface area contributed by atoms with Gasteiger partial charge in [-0.05, 0) is 49.4 Å². The van der Waals surface area contributed by atoms with Gasteiger partial charge in [0.05, 0.1) is 10.6 Å². The summed E-state index contributed by atoms with van der Waals surface area (Å²) in [7, 11) is 0. The maximum absolute atomic E-state index is 13.4. The molecule has 0 saturated heterocycles. The second kappa shape index (κ2) is 3.46. The molecule has 1 aliphatic rings. The number of rotatable bonds is 2. The lowest BCUT2D eigenvalue weighted by Gasteiger charge is -2.15. The van der Waals surface area contributed by atoms with Crippen LogP contribution in [0.5, 0.6) is 0 Å². The van der Waals surface area contributed by atoms with Crippen LogP contribution >= 0.6 is 11.6 Å². The highest BCUT2D eigenvalue weighted by Gasteiger charge is 2.41. The van der Waals surface area contributed by atoms with Crippen molar-refractivity contribution in [2.24, 2.45) is 0 Å². The van der Waals surface area contributed by atoms with Gasteiger partial charge in [0.15, 0.2) is 0 Å². The van der Waals surface area contributed by atoms with E-state index in [1.165, 1.54) is 6.07 Å². The van der Waals surface area contributed by atoms with E-state index in [9.17, 15) is 9.50 Å². The van der Waals surface area contributed by atoms with Crippen LogP contribution in [0.4, 0.5) is 4.39 Å². The van der Waals surface area contributed by atoms with E-state index >= 15 is 0 Å². The van der Waals surface area contributed by atoms with Crippen molar-refractivity contribution in [2.45, 2.75) is 38.7 Å². The van der Waals surface area contributed by atoms with E-state index in [0.717, 1.165) is 29.5 Å². The molecule has 0 bridgehead atoms. The smallest absolute Gasteiger partial charge is 0.142 e. The molecule has 1 saturated carbocycles. The van der Waals surface area contributed by atoms with Crippen molar-refractivity contribution in [1.82, 2.24) is 0 Å². The maximum atomic E-state index is 13.4. The Morgan fingerprint density at radius 2 is 2.07 bits per heavy atom. The van der Waals surface area contributed by atoms with Crippen LogP contribution in [0.25, 0.3) is 0 Å². The first-order valence-electron chi connectivity index (χ1n) is 5.09. The molecule has 0 aromatic heterocycles. The average Bonchev–Trinajstić information content (AvgIpc) is 2.89. The normalized spacial score (nSPS) is 17.9. The SMILES string of the molecule is Cc1cc(F)c(Cl)c(CC2(O)CC2)c1C. The van der Waals surface area contributed by atoms with Gasteiger partial charge in [-0.3, -0.25) is 0 Å². The molecule has 0 atom stereocenters. The molecule has 1 aromatic rings. The lowest BCUT2D eigenvalue weighted by atomic mass is 9.97. The summed E-state index contributed by atoms with van der Waals surface area (Å²) in [4.78, 5) is 0. The van der Waals surface area contributed by atoms with Crippen molar-refractivity contribution < 1.29 is 9.50 Å². The molecule has 82 valence electrons. The summed E-state index contributed by atoms with van der Waals surface area (Å²) in [6.45, 7) is 3.77. The summed E-state index contributed by atoms with van der Waals surface area (Å²) in [5.41, 5.74) is 2.00. The van der Waals surface area contributed by atoms with E-state index in [1.54, 1.807) is 0 Å². The molecule has 1 fully saturated rings. The molecule has 0 heterocycles. The van der Waals surface area contributed by atoms with Crippen LogP contribution in [-0.4, -0.2) is 10.7 Å². The van der Waals surface area contributed by atoms with Gasteiger partial charge >= 0.3 is 0 Å². The van der Waals surface area contributed by atoms with Gasteiger partial charge in [0.25, 0.3) is 0 Å². The van der Waals surface area contributed by atoms with Crippen molar-refractivity contribution in [3.63, 3.8) is 0 Å². The number of benzene rings is 1. The standard InChI is InChI=1S/C12H14ClFO/c1-7-5-10(14)11(13)9(8(7)2)6-12(15)3-4-12/h5,15H,3-4,6H2,1-2H3. The summed E-state index contributed by atoms with van der Waals surface area (Å²) < 4.78 is 13.4. The first-order chi connectivity index (χ1) is 6.93. The van der Waals surface area contributed by atoms with E-state index in [0.29, 0.717) is 6.42 Å². The van der Waals surface area contributed by atoms with Crippen LogP contribution < -0.4 is 0 Å². The maximum Gasteiger partial charge on any atom is 0.142 e. The molecule has 0 amide bonds. The largest absolute Gasteiger partial charge is 0.390 e. The molecule has 1 N–H and O–H groups in total. The molecule has 0 unspecified atom stereocenters. The predicted octanol–water partition coefficient (Wildman–Crippen LogP) is 3.16. The van der Waals surface area contributed by atoms with Crippen LogP contribution in [0.3, 0.4) is 0 Å². The summed E-state index contributed by atoms with van der Waals surface area (Å²) in [5, 5.41) is 10.00. The van der Waals surface area contributed by atoms with Crippen LogP contribution in [0.1, 0.15) is 29.5 Å². The Bertz CT molecular complexity index is 384. The second-order valence-electron chi connectivity index (χ2n) is 4.49. The molecule has 1 aromatic carbocycles. The second-order valence-corrected chi connectivity index (χ2v) is 4.87. The van der Waals surface area contributed by atoms with E-state index in [-0.39, 0.29) is 10.8 Å². The van der Waals surface area contributed by atoms with Gasteiger partial charge in [-0.25, -0.2) is 4.39 Å². The molecule has 0 radical (unpaired) electrons. The Morgan fingerprint density at radius 1 is 1.47 bits per heavy atom. The third-order valence-corrected chi connectivity index (χ3v) is 3.60. The van der Waals surface area contributed by atoms with Crippen molar-refractivity contribution in [1.29, 1.82) is 0 Å². The molecular formula is C12H14ClFO. The van der Waals surface area contributed by atoms with Crippen LogP contribution in [0.2, 0.25) is 5.02 Å². The summed E-state index contributed by atoms with van der Waals surface area (Å²) >= 11 is 5.92. The molecule has 1 aliphatic carbocycles. The monoisotopic (exact) mass is 228 g/mol. The number of hydrogen-bond donors (Lipinski definition) is 1. The quantitative estimate of drug-likeness (QED) is 0.825. The Labute approximate surface area is 93.9 Å². The Balaban J connectivity index is 2.44. The number of hydrogen-bond acceptors (Lipinski definition) is 1. The molecule has 2 rings (SSSR count). The topological polar surface area (TPSA) is 20.2 Å². The summed E-state index contributed by atoms with van der Waals surface area (Å²) in [6.07, 6.45) is 2.05. The molecule has 15 heavy (non-hydrogen) atoms. The van der Waals surface area contributed by atoms with Gasteiger partial charge in [0, 0.05) is 6.42 Å². The summed E-state index contributed by atoms with van der Waals surface area (Å²) in [6, 6.07) is 1.44. The molecule has 1 nitrogen and oxygen atoms in total. The lowest BCUT2D eigenvalue weighted by Crippen LogP contribution is -2.13. The minimum atomic E-state index is -0.630. The van der Waals surface area contributed by atoms with Gasteiger partial charge in [-0.15, -0.1) is 0 Å². The number of halogens is 2. The first kappa shape index (κ1) is 10.9. The van der Waals surface area contributed by atoms with Crippen molar-refractivity contribution >= 4 is 11.6 Å². The fraction of sp³-hybridized carbons (Fsp3) is 0.500. The fourth-order valence-corrected chi connectivity index (χ4v) is 2.03. The van der Waals surface area contributed by atoms with Crippen LogP contribution in [0, 0.1) is 19.7 Å². The van der Waals surface area contributed by atoms with E-state index in [2.05, 4.69) is 0 Å². The Kier molecular flexibility index (Phi) is 2.52. The van der Waals surface area contributed by atoms with E-state index in [1.807, 2.05) is 13.8 Å². The van der Waals surface area contributed by atoms with Gasteiger partial charge in [-0.1, -0.05) is 11.6 Å². The molecular weight excluding hydrogens is 215 g/mol. The minimum absolute atomic E-state index is 0.165. The fourth-order valence-electron chi connectivity index (χ4n) is 1.77. The third kappa shape index (κ3) is 2.01. The highest BCUT2D eigenvalue weighted by molar-refractivity contribution is 6.31. The summed E-state index contributed by atoms with van der Waals surface area (Å²) in [5.74, 6) is -0.390. The number of aryl methyl sites for hydroxylation is 1. The van der Waals surface area contributed by atoms with Crippen molar-refractivity contribution in [3.05, 3.63) is 33.6 Å². The molecule has 0 spiro atoms. The van der Waals surface area contributed by atoms with E-state index < -0.39 is 5.60 Å². The van der Waals surface area contributed by atoms with Gasteiger partial charge in [0.1, 0.15) is 5.82 Å². The highest BCUT2D eigenvalue weighted by Crippen LogP contribution is 2.41. The zero-order valence-electron chi connectivity index (χ0n) is 8.90. The van der Waals surface area contributed by atoms with E-state index in [4.69, 9.17) is 11.6 Å². The van der Waals surface area contributed by atoms with Crippen LogP contribution in [0.15, 0.2) is 6.07 Å². The van der Waals surface area contributed by atoms with Gasteiger partial charge in [-0.2, -0.15) is 0 Å². The zero-order valence-corrected chi connectivity index (χ0v) is 9.66. The Hall–Kier alpha value is -0.600. The van der Waals surface area contributed by atoms with Crippen molar-refractivity contribution in [3.8, 4) is 0 Å². The van der Waals surface area contributed by atoms with Crippen molar-refractivity contribution in [2.75, 3.05) is 0 Å². The van der Waals surface area contributed by atoms with Gasteiger partial charge in [0.2, 0.25) is 0 Å². The minimum Gasteiger partial charge on any atom is -0.390 e.